The first-order chi connectivity index (χ1) is 24.4. The number of amides is 2. The highest BCUT2D eigenvalue weighted by Crippen LogP contribution is 2.38. The van der Waals surface area contributed by atoms with Gasteiger partial charge in [0.2, 0.25) is 11.8 Å². The molecule has 2 heterocycles. The van der Waals surface area contributed by atoms with Gasteiger partial charge >= 0.3 is 0 Å². The lowest BCUT2D eigenvalue weighted by Crippen LogP contribution is -2.38. The van der Waals surface area contributed by atoms with E-state index in [-0.39, 0.29) is 30.6 Å². The second-order valence-corrected chi connectivity index (χ2v) is 12.9. The van der Waals surface area contributed by atoms with E-state index >= 15 is 0 Å². The molecule has 4 aromatic rings. The third-order valence-corrected chi connectivity index (χ3v) is 8.84. The molecule has 0 aliphatic carbocycles. The SMILES string of the molecule is CN(CCc1ccccn1)CC1CC(c2ccc(CO)cc2)OC(c2cccc(NC(=O)CCCCCCC(=O)Nc3ccccc3N)c2)O1. The number of nitrogens with one attached hydrogen (secondary N) is 2. The number of likely N-dealkylation sites (N-methyl/N-ethyl adjacent to an activating group) is 1. The van der Waals surface area contributed by atoms with Crippen molar-refractivity contribution in [2.24, 2.45) is 0 Å². The van der Waals surface area contributed by atoms with Crippen LogP contribution in [-0.2, 0) is 32.1 Å². The maximum absolute atomic E-state index is 12.8. The fraction of sp³-hybridized carbons (Fsp3) is 0.375. The van der Waals surface area contributed by atoms with Crippen molar-refractivity contribution in [3.8, 4) is 0 Å². The molecule has 5 N–H and O–H groups in total. The largest absolute Gasteiger partial charge is 0.397 e. The van der Waals surface area contributed by atoms with Gasteiger partial charge in [-0.3, -0.25) is 14.6 Å². The van der Waals surface area contributed by atoms with E-state index in [1.807, 2.05) is 85.1 Å². The molecule has 1 saturated heterocycles. The Balaban J connectivity index is 1.11. The highest BCUT2D eigenvalue weighted by atomic mass is 16.7. The van der Waals surface area contributed by atoms with Gasteiger partial charge < -0.3 is 35.8 Å². The Morgan fingerprint density at radius 2 is 1.60 bits per heavy atom. The summed E-state index contributed by atoms with van der Waals surface area (Å²) in [5, 5.41) is 15.4. The van der Waals surface area contributed by atoms with Crippen molar-refractivity contribution >= 4 is 28.9 Å². The molecule has 1 aliphatic rings. The maximum atomic E-state index is 12.8. The highest BCUT2D eigenvalue weighted by Gasteiger charge is 2.33. The van der Waals surface area contributed by atoms with Crippen LogP contribution in [0.2, 0.25) is 0 Å². The van der Waals surface area contributed by atoms with Crippen molar-refractivity contribution in [1.82, 2.24) is 9.88 Å². The minimum absolute atomic E-state index is 0.0100. The summed E-state index contributed by atoms with van der Waals surface area (Å²) in [4.78, 5) is 31.8. The number of aliphatic hydroxyl groups excluding tert-OH is 1. The van der Waals surface area contributed by atoms with Crippen LogP contribution in [0.25, 0.3) is 0 Å². The van der Waals surface area contributed by atoms with Gasteiger partial charge in [0.15, 0.2) is 6.29 Å². The summed E-state index contributed by atoms with van der Waals surface area (Å²) in [5.41, 5.74) is 11.5. The van der Waals surface area contributed by atoms with Crippen molar-refractivity contribution in [2.75, 3.05) is 36.5 Å². The first-order valence-corrected chi connectivity index (χ1v) is 17.5. The van der Waals surface area contributed by atoms with E-state index in [0.717, 1.165) is 67.6 Å². The molecule has 3 aromatic carbocycles. The van der Waals surface area contributed by atoms with Crippen LogP contribution in [0.5, 0.6) is 0 Å². The minimum Gasteiger partial charge on any atom is -0.397 e. The van der Waals surface area contributed by atoms with E-state index in [1.54, 1.807) is 12.1 Å². The molecular weight excluding hydrogens is 630 g/mol. The first kappa shape index (κ1) is 36.7. The monoisotopic (exact) mass is 679 g/mol. The molecule has 2 amide bonds. The predicted octanol–water partition coefficient (Wildman–Crippen LogP) is 6.79. The number of carbonyl (C=O) groups is 2. The molecule has 1 aromatic heterocycles. The molecule has 0 saturated carbocycles. The molecule has 10 nitrogen and oxygen atoms in total. The maximum Gasteiger partial charge on any atom is 0.224 e. The molecule has 5 rings (SSSR count). The van der Waals surface area contributed by atoms with Crippen molar-refractivity contribution < 1.29 is 24.2 Å². The Morgan fingerprint density at radius 1 is 0.860 bits per heavy atom. The molecule has 0 spiro atoms. The van der Waals surface area contributed by atoms with Gasteiger partial charge in [0, 0.05) is 61.9 Å². The number of nitrogens with zero attached hydrogens (tertiary/aromatic N) is 2. The third kappa shape index (κ3) is 11.5. The fourth-order valence-corrected chi connectivity index (χ4v) is 6.06. The van der Waals surface area contributed by atoms with E-state index in [1.165, 1.54) is 0 Å². The van der Waals surface area contributed by atoms with Crippen LogP contribution < -0.4 is 16.4 Å². The number of nitrogens with two attached hydrogens (primary N) is 1. The second-order valence-electron chi connectivity index (χ2n) is 12.9. The van der Waals surface area contributed by atoms with Crippen molar-refractivity contribution in [2.45, 2.75) is 76.5 Å². The Kier molecular flexibility index (Phi) is 13.9. The van der Waals surface area contributed by atoms with Crippen molar-refractivity contribution in [3.63, 3.8) is 0 Å². The number of hydrogen-bond acceptors (Lipinski definition) is 8. The standard InChI is InChI=1S/C40H49N5O5/c1-45(24-22-32-12-8-9-23-42-32)27-34-26-37(30-20-18-29(28-46)19-21-30)50-40(49-34)31-11-10-13-33(25-31)43-38(47)16-4-2-3-5-17-39(48)44-36-15-7-6-14-35(36)41/h6-15,18-21,23,25,34,37,40,46H,2-5,16-17,22,24,26-28,41H2,1H3,(H,43,47)(H,44,48). The Morgan fingerprint density at radius 3 is 2.32 bits per heavy atom. The molecule has 0 bridgehead atoms. The average molecular weight is 680 g/mol. The van der Waals surface area contributed by atoms with Crippen LogP contribution in [0.15, 0.2) is 97.2 Å². The zero-order chi connectivity index (χ0) is 35.1. The predicted molar refractivity (Wildman–Crippen MR) is 196 cm³/mol. The van der Waals surface area contributed by atoms with Crippen LogP contribution in [-0.4, -0.2) is 53.0 Å². The summed E-state index contributed by atoms with van der Waals surface area (Å²) in [5.74, 6) is -0.115. The number of aliphatic hydroxyl groups is 1. The summed E-state index contributed by atoms with van der Waals surface area (Å²) < 4.78 is 13.1. The lowest BCUT2D eigenvalue weighted by molar-refractivity contribution is -0.252. The quantitative estimate of drug-likeness (QED) is 0.0707. The lowest BCUT2D eigenvalue weighted by Gasteiger charge is -2.38. The van der Waals surface area contributed by atoms with Crippen LogP contribution in [0, 0.1) is 0 Å². The van der Waals surface area contributed by atoms with Crippen LogP contribution in [0.3, 0.4) is 0 Å². The zero-order valence-electron chi connectivity index (χ0n) is 28.8. The van der Waals surface area contributed by atoms with E-state index in [9.17, 15) is 14.7 Å². The molecule has 50 heavy (non-hydrogen) atoms. The number of para-hydroxylation sites is 2. The smallest absolute Gasteiger partial charge is 0.224 e. The molecule has 3 atom stereocenters. The lowest BCUT2D eigenvalue weighted by atomic mass is 9.99. The summed E-state index contributed by atoms with van der Waals surface area (Å²) in [6.07, 6.45) is 6.46. The number of nitrogen functional groups attached to an aromatic ring is 1. The molecule has 264 valence electrons. The summed E-state index contributed by atoms with van der Waals surface area (Å²) in [6, 6.07) is 28.7. The number of rotatable bonds is 17. The molecule has 1 aliphatic heterocycles. The first-order valence-electron chi connectivity index (χ1n) is 17.5. The van der Waals surface area contributed by atoms with Crippen LogP contribution in [0.4, 0.5) is 17.1 Å². The van der Waals surface area contributed by atoms with Gasteiger partial charge in [-0.25, -0.2) is 0 Å². The van der Waals surface area contributed by atoms with E-state index in [2.05, 4.69) is 27.6 Å². The number of ether oxygens (including phenoxy) is 2. The average Bonchev–Trinajstić information content (AvgIpc) is 3.13. The number of carbonyl (C=O) groups excluding carboxylic acids is 2. The normalized spacial score (nSPS) is 17.4. The topological polar surface area (TPSA) is 139 Å². The molecular formula is C40H49N5O5. The second kappa shape index (κ2) is 19.0. The van der Waals surface area contributed by atoms with Gasteiger partial charge in [-0.15, -0.1) is 0 Å². The van der Waals surface area contributed by atoms with E-state index in [0.29, 0.717) is 36.3 Å². The Bertz CT molecular complexity index is 1650. The van der Waals surface area contributed by atoms with Crippen molar-refractivity contribution in [3.05, 3.63) is 120 Å². The van der Waals surface area contributed by atoms with Crippen molar-refractivity contribution in [1.29, 1.82) is 0 Å². The summed E-state index contributed by atoms with van der Waals surface area (Å²) in [7, 11) is 2.09. The third-order valence-electron chi connectivity index (χ3n) is 8.84. The van der Waals surface area contributed by atoms with Crippen LogP contribution in [0.1, 0.15) is 79.7 Å². The molecule has 1 fully saturated rings. The number of unbranched alkanes of at least 4 members (excludes halogenated alkanes) is 3. The number of pyridine rings is 1. The summed E-state index contributed by atoms with van der Waals surface area (Å²) in [6.45, 7) is 1.56. The molecule has 3 unspecified atom stereocenters. The Hall–Kier alpha value is -4.61. The van der Waals surface area contributed by atoms with Gasteiger partial charge in [-0.1, -0.05) is 67.4 Å². The van der Waals surface area contributed by atoms with E-state index in [4.69, 9.17) is 15.2 Å². The minimum atomic E-state index is -0.618. The van der Waals surface area contributed by atoms with Gasteiger partial charge in [-0.2, -0.15) is 0 Å². The fourth-order valence-electron chi connectivity index (χ4n) is 6.06. The van der Waals surface area contributed by atoms with E-state index < -0.39 is 6.29 Å². The van der Waals surface area contributed by atoms with Gasteiger partial charge in [-0.05, 0) is 67.4 Å². The van der Waals surface area contributed by atoms with Gasteiger partial charge in [0.25, 0.3) is 0 Å². The zero-order valence-corrected chi connectivity index (χ0v) is 28.8. The van der Waals surface area contributed by atoms with Gasteiger partial charge in [0.1, 0.15) is 0 Å². The van der Waals surface area contributed by atoms with Gasteiger partial charge in [0.05, 0.1) is 30.2 Å². The summed E-state index contributed by atoms with van der Waals surface area (Å²) >= 11 is 0. The molecule has 10 heteroatoms. The Labute approximate surface area is 295 Å². The number of anilines is 3. The number of aromatic nitrogens is 1. The highest BCUT2D eigenvalue weighted by molar-refractivity contribution is 5.93. The number of benzene rings is 3. The molecule has 0 radical (unpaired) electrons. The number of hydrogen-bond donors (Lipinski definition) is 4. The van der Waals surface area contributed by atoms with Crippen LogP contribution >= 0.6 is 0 Å².